The van der Waals surface area contributed by atoms with Crippen LogP contribution in [0.3, 0.4) is 0 Å². The molecule has 0 N–H and O–H groups in total. The molecule has 0 radical (unpaired) electrons. The van der Waals surface area contributed by atoms with Crippen molar-refractivity contribution in [2.24, 2.45) is 10.2 Å². The molecule has 0 bridgehead atoms. The topological polar surface area (TPSA) is 159 Å². The molecule has 0 spiro atoms. The van der Waals surface area contributed by atoms with Gasteiger partial charge in [-0.25, -0.2) is 9.59 Å². The number of benzene rings is 2. The van der Waals surface area contributed by atoms with Crippen LogP contribution in [0.2, 0.25) is 10.0 Å². The first kappa shape index (κ1) is 24.2. The van der Waals surface area contributed by atoms with Crippen LogP contribution in [-0.2, 0) is 14.2 Å². The molecule has 2 aromatic carbocycles. The Hall–Kier alpha value is -3.46. The first-order chi connectivity index (χ1) is 15.9. The van der Waals surface area contributed by atoms with Gasteiger partial charge in [0.1, 0.15) is 12.2 Å². The molecule has 33 heavy (non-hydrogen) atoms. The Labute approximate surface area is 197 Å². The van der Waals surface area contributed by atoms with Crippen LogP contribution in [0, 0.1) is 0 Å². The standard InChI is InChI=1S/C20H16Cl2N6O5/c21-13-5-1-11(2-6-13)19(29)32-17-9-15(26-28-24)18(16(31-17)10-25-27-23)33-20(30)12-3-7-14(22)8-4-12/h1-8,15-18H,9-10H2. The highest BCUT2D eigenvalue weighted by molar-refractivity contribution is 6.31. The monoisotopic (exact) mass is 490 g/mol. The van der Waals surface area contributed by atoms with E-state index in [9.17, 15) is 9.59 Å². The van der Waals surface area contributed by atoms with E-state index in [1.807, 2.05) is 0 Å². The van der Waals surface area contributed by atoms with E-state index in [0.29, 0.717) is 10.0 Å². The summed E-state index contributed by atoms with van der Waals surface area (Å²) in [4.78, 5) is 30.6. The highest BCUT2D eigenvalue weighted by atomic mass is 35.5. The van der Waals surface area contributed by atoms with E-state index in [4.69, 9.17) is 48.5 Å². The average molecular weight is 491 g/mol. The Morgan fingerprint density at radius 1 is 0.939 bits per heavy atom. The van der Waals surface area contributed by atoms with Gasteiger partial charge in [0.25, 0.3) is 0 Å². The van der Waals surface area contributed by atoms with Crippen LogP contribution in [0.1, 0.15) is 27.1 Å². The molecule has 170 valence electrons. The minimum Gasteiger partial charge on any atom is -0.456 e. The summed E-state index contributed by atoms with van der Waals surface area (Å²) in [6, 6.07) is 11.0. The van der Waals surface area contributed by atoms with Crippen molar-refractivity contribution in [2.75, 3.05) is 6.54 Å². The number of hydrogen-bond acceptors (Lipinski definition) is 7. The summed E-state index contributed by atoms with van der Waals surface area (Å²) in [6.07, 6.45) is -3.37. The Morgan fingerprint density at radius 3 is 2.00 bits per heavy atom. The van der Waals surface area contributed by atoms with Gasteiger partial charge in [0.2, 0.25) is 6.29 Å². The predicted molar refractivity (Wildman–Crippen MR) is 118 cm³/mol. The van der Waals surface area contributed by atoms with Gasteiger partial charge in [0, 0.05) is 26.3 Å². The second-order valence-electron chi connectivity index (χ2n) is 6.81. The minimum absolute atomic E-state index is 0.0886. The summed E-state index contributed by atoms with van der Waals surface area (Å²) in [5.41, 5.74) is 18.2. The van der Waals surface area contributed by atoms with Crippen LogP contribution in [0.4, 0.5) is 0 Å². The summed E-state index contributed by atoms with van der Waals surface area (Å²) < 4.78 is 16.6. The number of ether oxygens (including phenoxy) is 3. The molecule has 1 aliphatic heterocycles. The van der Waals surface area contributed by atoms with Gasteiger partial charge in [0.05, 0.1) is 23.7 Å². The second-order valence-corrected chi connectivity index (χ2v) is 7.69. The summed E-state index contributed by atoms with van der Waals surface area (Å²) in [5.74, 6) is -1.42. The zero-order valence-electron chi connectivity index (χ0n) is 16.8. The van der Waals surface area contributed by atoms with E-state index >= 15 is 0 Å². The summed E-state index contributed by atoms with van der Waals surface area (Å²) >= 11 is 11.7. The molecule has 0 amide bonds. The molecule has 4 atom stereocenters. The Bertz CT molecular complexity index is 1100. The second kappa shape index (κ2) is 11.4. The first-order valence-corrected chi connectivity index (χ1v) is 10.3. The molecular weight excluding hydrogens is 475 g/mol. The number of carbonyl (C=O) groups is 2. The van der Waals surface area contributed by atoms with Crippen LogP contribution in [0.15, 0.2) is 58.8 Å². The first-order valence-electron chi connectivity index (χ1n) is 9.55. The van der Waals surface area contributed by atoms with Gasteiger partial charge < -0.3 is 14.2 Å². The van der Waals surface area contributed by atoms with Crippen molar-refractivity contribution < 1.29 is 23.8 Å². The highest BCUT2D eigenvalue weighted by Crippen LogP contribution is 2.28. The van der Waals surface area contributed by atoms with E-state index in [2.05, 4.69) is 20.1 Å². The average Bonchev–Trinajstić information content (AvgIpc) is 2.80. The van der Waals surface area contributed by atoms with Gasteiger partial charge >= 0.3 is 11.9 Å². The van der Waals surface area contributed by atoms with Crippen molar-refractivity contribution in [3.63, 3.8) is 0 Å². The summed E-state index contributed by atoms with van der Waals surface area (Å²) in [7, 11) is 0. The summed E-state index contributed by atoms with van der Waals surface area (Å²) in [5, 5.41) is 8.04. The maximum absolute atomic E-state index is 12.6. The van der Waals surface area contributed by atoms with Gasteiger partial charge in [-0.3, -0.25) is 0 Å². The van der Waals surface area contributed by atoms with Crippen molar-refractivity contribution in [1.29, 1.82) is 0 Å². The van der Waals surface area contributed by atoms with Crippen LogP contribution in [0.25, 0.3) is 20.9 Å². The summed E-state index contributed by atoms with van der Waals surface area (Å²) in [6.45, 7) is -0.262. The lowest BCUT2D eigenvalue weighted by Gasteiger charge is -2.38. The Balaban J connectivity index is 1.79. The van der Waals surface area contributed by atoms with Gasteiger partial charge in [0.15, 0.2) is 0 Å². The fourth-order valence-electron chi connectivity index (χ4n) is 3.13. The van der Waals surface area contributed by atoms with E-state index in [-0.39, 0.29) is 24.1 Å². The number of carbonyl (C=O) groups excluding carboxylic acids is 2. The van der Waals surface area contributed by atoms with Crippen LogP contribution in [0.5, 0.6) is 0 Å². The number of esters is 2. The van der Waals surface area contributed by atoms with Crippen molar-refractivity contribution in [2.45, 2.75) is 31.0 Å². The maximum Gasteiger partial charge on any atom is 0.340 e. The molecule has 0 saturated carbocycles. The lowest BCUT2D eigenvalue weighted by molar-refractivity contribution is -0.202. The third-order valence-electron chi connectivity index (χ3n) is 4.67. The predicted octanol–water partition coefficient (Wildman–Crippen LogP) is 5.48. The van der Waals surface area contributed by atoms with Crippen LogP contribution >= 0.6 is 23.2 Å². The van der Waals surface area contributed by atoms with Crippen molar-refractivity contribution in [3.05, 3.63) is 90.6 Å². The molecule has 1 heterocycles. The lowest BCUT2D eigenvalue weighted by Crippen LogP contribution is -2.51. The molecular formula is C20H16Cl2N6O5. The highest BCUT2D eigenvalue weighted by Gasteiger charge is 2.42. The molecule has 13 heteroatoms. The van der Waals surface area contributed by atoms with Gasteiger partial charge in [-0.15, -0.1) is 0 Å². The zero-order valence-corrected chi connectivity index (χ0v) is 18.3. The molecule has 1 saturated heterocycles. The number of azide groups is 2. The molecule has 0 aromatic heterocycles. The zero-order chi connectivity index (χ0) is 23.8. The van der Waals surface area contributed by atoms with E-state index in [1.165, 1.54) is 48.5 Å². The van der Waals surface area contributed by atoms with E-state index in [0.717, 1.165) is 0 Å². The quantitative estimate of drug-likeness (QED) is 0.217. The molecule has 2 aromatic rings. The Morgan fingerprint density at radius 2 is 1.48 bits per heavy atom. The smallest absolute Gasteiger partial charge is 0.340 e. The molecule has 11 nitrogen and oxygen atoms in total. The van der Waals surface area contributed by atoms with E-state index in [1.54, 1.807) is 0 Å². The SMILES string of the molecule is [N-]=[N+]=NCC1OC(OC(=O)c2ccc(Cl)cc2)CC(N=[N+]=[N-])C1OC(=O)c1ccc(Cl)cc1. The minimum atomic E-state index is -1.15. The number of halogens is 2. The number of rotatable bonds is 7. The Kier molecular flexibility index (Phi) is 8.37. The lowest BCUT2D eigenvalue weighted by atomic mass is 9.99. The van der Waals surface area contributed by atoms with E-state index < -0.39 is 36.5 Å². The third-order valence-corrected chi connectivity index (χ3v) is 5.18. The van der Waals surface area contributed by atoms with Crippen molar-refractivity contribution in [1.82, 2.24) is 0 Å². The van der Waals surface area contributed by atoms with Gasteiger partial charge in [-0.2, -0.15) is 0 Å². The normalized spacial score (nSPS) is 21.8. The number of hydrogen-bond donors (Lipinski definition) is 0. The van der Waals surface area contributed by atoms with Crippen LogP contribution < -0.4 is 0 Å². The number of nitrogens with zero attached hydrogens (tertiary/aromatic N) is 6. The fraction of sp³-hybridized carbons (Fsp3) is 0.300. The largest absolute Gasteiger partial charge is 0.456 e. The molecule has 1 fully saturated rings. The molecule has 1 aliphatic rings. The van der Waals surface area contributed by atoms with Crippen LogP contribution in [-0.4, -0.2) is 43.0 Å². The van der Waals surface area contributed by atoms with Gasteiger partial charge in [-0.1, -0.05) is 33.4 Å². The fourth-order valence-corrected chi connectivity index (χ4v) is 3.38. The molecule has 4 unspecified atom stereocenters. The molecule has 3 rings (SSSR count). The van der Waals surface area contributed by atoms with Crippen molar-refractivity contribution >= 4 is 35.1 Å². The maximum atomic E-state index is 12.6. The van der Waals surface area contributed by atoms with Crippen molar-refractivity contribution in [3.8, 4) is 0 Å². The third kappa shape index (κ3) is 6.52. The van der Waals surface area contributed by atoms with Gasteiger partial charge in [-0.05, 0) is 59.6 Å². The molecule has 0 aliphatic carbocycles.